The van der Waals surface area contributed by atoms with Crippen LogP contribution in [0.1, 0.15) is 54.6 Å². The summed E-state index contributed by atoms with van der Waals surface area (Å²) in [4.78, 5) is 24.9. The summed E-state index contributed by atoms with van der Waals surface area (Å²) in [5, 5.41) is 10.1. The lowest BCUT2D eigenvalue weighted by Gasteiger charge is -2.56. The van der Waals surface area contributed by atoms with Crippen molar-refractivity contribution in [2.75, 3.05) is 19.8 Å². The first-order chi connectivity index (χ1) is 14.5. The zero-order valence-electron chi connectivity index (χ0n) is 17.2. The Morgan fingerprint density at radius 1 is 1.13 bits per heavy atom. The summed E-state index contributed by atoms with van der Waals surface area (Å²) in [6.45, 7) is 0.165. The maximum absolute atomic E-state index is 13.1. The molecule has 0 spiro atoms. The van der Waals surface area contributed by atoms with Gasteiger partial charge in [-0.05, 0) is 79.9 Å². The van der Waals surface area contributed by atoms with Crippen molar-refractivity contribution in [3.63, 3.8) is 0 Å². The molecule has 0 aliphatic heterocycles. The summed E-state index contributed by atoms with van der Waals surface area (Å²) in [5.41, 5.74) is 2.11. The minimum absolute atomic E-state index is 0.00415. The maximum Gasteiger partial charge on any atom is 0.253 e. The van der Waals surface area contributed by atoms with Gasteiger partial charge in [0.1, 0.15) is 6.67 Å². The molecule has 2 N–H and O–H groups in total. The molecule has 6 rings (SSSR count). The van der Waals surface area contributed by atoms with Gasteiger partial charge in [-0.2, -0.15) is 5.10 Å². The number of rotatable bonds is 7. The Kier molecular flexibility index (Phi) is 4.99. The van der Waals surface area contributed by atoms with E-state index < -0.39 is 6.67 Å². The fourth-order valence-electron chi connectivity index (χ4n) is 6.63. The van der Waals surface area contributed by atoms with E-state index in [0.717, 1.165) is 24.3 Å². The van der Waals surface area contributed by atoms with Crippen molar-refractivity contribution in [1.82, 2.24) is 20.2 Å². The van der Waals surface area contributed by atoms with E-state index in [4.69, 9.17) is 0 Å². The van der Waals surface area contributed by atoms with Crippen LogP contribution in [0.25, 0.3) is 5.52 Å². The second-order valence-corrected chi connectivity index (χ2v) is 9.70. The fourth-order valence-corrected chi connectivity index (χ4v) is 6.63. The summed E-state index contributed by atoms with van der Waals surface area (Å²) in [6.07, 6.45) is 9.79. The number of aromatic nitrogens is 2. The molecule has 4 aliphatic rings. The summed E-state index contributed by atoms with van der Waals surface area (Å²) >= 11 is 0. The molecule has 2 aromatic heterocycles. The van der Waals surface area contributed by atoms with E-state index in [1.165, 1.54) is 38.5 Å². The zero-order chi connectivity index (χ0) is 20.7. The Morgan fingerprint density at radius 3 is 2.50 bits per heavy atom. The van der Waals surface area contributed by atoms with Crippen LogP contribution in [-0.2, 0) is 11.2 Å². The number of fused-ring (bicyclic) bond motifs is 1. The lowest BCUT2D eigenvalue weighted by Crippen LogP contribution is -2.51. The Balaban J connectivity index is 1.28. The van der Waals surface area contributed by atoms with Crippen LogP contribution in [0.15, 0.2) is 24.4 Å². The van der Waals surface area contributed by atoms with Crippen molar-refractivity contribution in [2.45, 2.75) is 44.9 Å². The van der Waals surface area contributed by atoms with Crippen LogP contribution in [0.5, 0.6) is 0 Å². The predicted octanol–water partition coefficient (Wildman–Crippen LogP) is 2.91. The van der Waals surface area contributed by atoms with Crippen molar-refractivity contribution < 1.29 is 14.0 Å². The topological polar surface area (TPSA) is 75.5 Å². The van der Waals surface area contributed by atoms with Crippen LogP contribution in [0.2, 0.25) is 0 Å². The molecule has 6 nitrogen and oxygen atoms in total. The molecule has 4 aliphatic carbocycles. The smallest absolute Gasteiger partial charge is 0.253 e. The minimum Gasteiger partial charge on any atom is -0.353 e. The SMILES string of the molecule is O=C(Cc1cc2c(C(=O)NCC34CC5CC(CC(C5)C3)C4)cccn2n1)NCCF. The van der Waals surface area contributed by atoms with Crippen molar-refractivity contribution >= 4 is 17.3 Å². The van der Waals surface area contributed by atoms with Crippen LogP contribution in [-0.4, -0.2) is 41.2 Å². The number of alkyl halides is 1. The maximum atomic E-state index is 13.1. The van der Waals surface area contributed by atoms with Crippen LogP contribution < -0.4 is 10.6 Å². The summed E-state index contributed by atoms with van der Waals surface area (Å²) < 4.78 is 13.9. The Bertz CT molecular complexity index is 934. The predicted molar refractivity (Wildman–Crippen MR) is 111 cm³/mol. The van der Waals surface area contributed by atoms with Gasteiger partial charge in [-0.25, -0.2) is 8.91 Å². The van der Waals surface area contributed by atoms with Gasteiger partial charge in [-0.1, -0.05) is 0 Å². The van der Waals surface area contributed by atoms with E-state index in [1.54, 1.807) is 28.9 Å². The Labute approximate surface area is 175 Å². The van der Waals surface area contributed by atoms with Gasteiger partial charge in [0.05, 0.1) is 23.2 Å². The van der Waals surface area contributed by atoms with Gasteiger partial charge in [0.15, 0.2) is 0 Å². The fraction of sp³-hybridized carbons (Fsp3) is 0.609. The lowest BCUT2D eigenvalue weighted by atomic mass is 9.49. The van der Waals surface area contributed by atoms with Gasteiger partial charge in [0.2, 0.25) is 5.91 Å². The second-order valence-electron chi connectivity index (χ2n) is 9.70. The average molecular weight is 413 g/mol. The van der Waals surface area contributed by atoms with Gasteiger partial charge >= 0.3 is 0 Å². The molecule has 30 heavy (non-hydrogen) atoms. The van der Waals surface area contributed by atoms with Crippen molar-refractivity contribution in [2.24, 2.45) is 23.2 Å². The molecule has 2 amide bonds. The van der Waals surface area contributed by atoms with E-state index in [0.29, 0.717) is 16.8 Å². The van der Waals surface area contributed by atoms with Crippen LogP contribution in [0, 0.1) is 23.2 Å². The Morgan fingerprint density at radius 2 is 1.83 bits per heavy atom. The van der Waals surface area contributed by atoms with E-state index in [2.05, 4.69) is 15.7 Å². The third-order valence-electron chi connectivity index (χ3n) is 7.34. The molecule has 0 radical (unpaired) electrons. The molecule has 0 atom stereocenters. The molecular formula is C23H29FN4O2. The molecule has 4 bridgehead atoms. The minimum atomic E-state index is -0.592. The van der Waals surface area contributed by atoms with E-state index in [1.807, 2.05) is 0 Å². The number of hydrogen-bond donors (Lipinski definition) is 2. The molecule has 7 heteroatoms. The average Bonchev–Trinajstić information content (AvgIpc) is 3.12. The molecule has 160 valence electrons. The van der Waals surface area contributed by atoms with Gasteiger partial charge in [0.25, 0.3) is 5.91 Å². The molecule has 0 saturated heterocycles. The molecule has 2 heterocycles. The first-order valence-electron chi connectivity index (χ1n) is 11.1. The molecule has 2 aromatic rings. The zero-order valence-corrected chi connectivity index (χ0v) is 17.2. The molecule has 0 unspecified atom stereocenters. The highest BCUT2D eigenvalue weighted by atomic mass is 19.1. The van der Waals surface area contributed by atoms with Gasteiger partial charge in [-0.15, -0.1) is 0 Å². The third-order valence-corrected chi connectivity index (χ3v) is 7.34. The van der Waals surface area contributed by atoms with E-state index >= 15 is 0 Å². The van der Waals surface area contributed by atoms with Crippen LogP contribution >= 0.6 is 0 Å². The van der Waals surface area contributed by atoms with Gasteiger partial charge in [-0.3, -0.25) is 9.59 Å². The van der Waals surface area contributed by atoms with Gasteiger partial charge < -0.3 is 10.6 Å². The van der Waals surface area contributed by atoms with E-state index in [-0.39, 0.29) is 30.2 Å². The number of nitrogens with one attached hydrogen (secondary N) is 2. The third kappa shape index (κ3) is 3.70. The monoisotopic (exact) mass is 412 g/mol. The number of nitrogens with zero attached hydrogens (tertiary/aromatic N) is 2. The summed E-state index contributed by atoms with van der Waals surface area (Å²) in [6, 6.07) is 5.38. The van der Waals surface area contributed by atoms with Crippen LogP contribution in [0.4, 0.5) is 4.39 Å². The molecule has 4 saturated carbocycles. The number of pyridine rings is 1. The largest absolute Gasteiger partial charge is 0.353 e. The molecule has 0 aromatic carbocycles. The summed E-state index contributed by atoms with van der Waals surface area (Å²) in [5.74, 6) is 2.22. The highest BCUT2D eigenvalue weighted by Gasteiger charge is 2.50. The number of carbonyl (C=O) groups excluding carboxylic acids is 2. The standard InChI is InChI=1S/C23H29FN4O2/c24-3-4-25-21(29)10-18-9-20-19(2-1-5-28(20)27-18)22(30)26-14-23-11-15-6-16(12-23)8-17(7-15)13-23/h1-2,5,9,15-17H,3-4,6-8,10-14H2,(H,25,29)(H,26,30). The molecular weight excluding hydrogens is 383 g/mol. The number of carbonyl (C=O) groups is 2. The van der Waals surface area contributed by atoms with E-state index in [9.17, 15) is 14.0 Å². The van der Waals surface area contributed by atoms with Crippen molar-refractivity contribution in [3.05, 3.63) is 35.7 Å². The highest BCUT2D eigenvalue weighted by molar-refractivity contribution is 6.00. The Hall–Kier alpha value is -2.44. The molecule has 4 fully saturated rings. The number of hydrogen-bond acceptors (Lipinski definition) is 3. The summed E-state index contributed by atoms with van der Waals surface area (Å²) in [7, 11) is 0. The normalized spacial score (nSPS) is 29.3. The highest BCUT2D eigenvalue weighted by Crippen LogP contribution is 2.59. The quantitative estimate of drug-likeness (QED) is 0.734. The first kappa shape index (κ1) is 19.5. The van der Waals surface area contributed by atoms with Gasteiger partial charge in [0, 0.05) is 19.3 Å². The van der Waals surface area contributed by atoms with Crippen molar-refractivity contribution in [3.8, 4) is 0 Å². The number of amides is 2. The first-order valence-corrected chi connectivity index (χ1v) is 11.1. The van der Waals surface area contributed by atoms with Crippen molar-refractivity contribution in [1.29, 1.82) is 0 Å². The lowest BCUT2D eigenvalue weighted by molar-refractivity contribution is -0.120. The number of halogens is 1. The van der Waals surface area contributed by atoms with Crippen LogP contribution in [0.3, 0.4) is 0 Å². The second kappa shape index (κ2) is 7.67.